The number of rotatable bonds is 7. The van der Waals surface area contributed by atoms with Gasteiger partial charge in [-0.3, -0.25) is 0 Å². The first-order valence-electron chi connectivity index (χ1n) is 20.2. The molecule has 11 rings (SSSR count). The van der Waals surface area contributed by atoms with E-state index in [1.807, 2.05) is 0 Å². The maximum absolute atomic E-state index is 7.01. The van der Waals surface area contributed by atoms with Crippen LogP contribution in [0.4, 0.5) is 0 Å². The van der Waals surface area contributed by atoms with Gasteiger partial charge in [0.15, 0.2) is 23.0 Å². The van der Waals surface area contributed by atoms with Crippen molar-refractivity contribution in [1.82, 2.24) is 0 Å². The molecule has 2 nitrogen and oxygen atoms in total. The van der Waals surface area contributed by atoms with Crippen LogP contribution < -0.4 is 9.47 Å². The van der Waals surface area contributed by atoms with Crippen molar-refractivity contribution in [2.45, 2.75) is 25.2 Å². The van der Waals surface area contributed by atoms with Gasteiger partial charge in [0.1, 0.15) is 0 Å². The van der Waals surface area contributed by atoms with Gasteiger partial charge in [0.05, 0.1) is 5.41 Å². The van der Waals surface area contributed by atoms with E-state index in [0.717, 1.165) is 34.8 Å². The summed E-state index contributed by atoms with van der Waals surface area (Å²) in [5, 5.41) is 2.46. The van der Waals surface area contributed by atoms with Crippen LogP contribution in [0.15, 0.2) is 218 Å². The molecule has 0 amide bonds. The van der Waals surface area contributed by atoms with E-state index in [2.05, 4.69) is 218 Å². The third kappa shape index (κ3) is 6.03. The molecule has 2 heteroatoms. The van der Waals surface area contributed by atoms with Crippen LogP contribution in [0.25, 0.3) is 27.5 Å². The molecular formula is C57H44O2. The molecule has 2 unspecified atom stereocenters. The number of fused-ring (bicyclic) bond motifs is 7. The van der Waals surface area contributed by atoms with Crippen LogP contribution in [-0.4, -0.2) is 0 Å². The maximum Gasteiger partial charge on any atom is 0.174 e. The summed E-state index contributed by atoms with van der Waals surface area (Å²) in [6, 6.07) is 67.5. The van der Waals surface area contributed by atoms with Gasteiger partial charge in [0, 0.05) is 17.4 Å². The Labute approximate surface area is 347 Å². The van der Waals surface area contributed by atoms with Gasteiger partial charge < -0.3 is 9.47 Å². The van der Waals surface area contributed by atoms with Gasteiger partial charge in [-0.05, 0) is 91.5 Å². The van der Waals surface area contributed by atoms with E-state index in [9.17, 15) is 0 Å². The Balaban J connectivity index is 0.00000420. The SMILES string of the molecule is C.C1=CC2c3c(ccc4c3Oc3ccc(-c5ccccc5/C(=C/Cc5ccccc5)c5ccc6ccccc6c5)cc3O4)C(c3ccccc3)(c3ccccc3)C2C=C1. The van der Waals surface area contributed by atoms with Crippen molar-refractivity contribution in [2.75, 3.05) is 0 Å². The zero-order valence-corrected chi connectivity index (χ0v) is 32.0. The molecule has 1 aliphatic heterocycles. The van der Waals surface area contributed by atoms with Gasteiger partial charge >= 0.3 is 0 Å². The standard InChI is InChI=1S/C56H40O2.CH4/c1-4-16-38(17-5-1)28-32-46(41-30-29-39-18-10-11-19-40(39)36-41)47-25-13-12-24-45(47)42-31-34-51-53(37-42)57-52-35-33-50-54(55(52)58-51)48-26-14-15-27-49(48)56(50,43-20-6-2-7-21-43)44-22-8-3-9-23-44;/h1-27,29-37,48-49H,28H2;1H4/b46-32+;. The van der Waals surface area contributed by atoms with Gasteiger partial charge in [-0.1, -0.05) is 202 Å². The third-order valence-electron chi connectivity index (χ3n) is 12.4. The molecule has 0 saturated carbocycles. The molecule has 284 valence electrons. The highest BCUT2D eigenvalue weighted by atomic mass is 16.6. The summed E-state index contributed by atoms with van der Waals surface area (Å²) in [5.41, 5.74) is 11.7. The molecule has 8 aromatic carbocycles. The summed E-state index contributed by atoms with van der Waals surface area (Å²) >= 11 is 0. The highest BCUT2D eigenvalue weighted by Crippen LogP contribution is 2.64. The lowest BCUT2D eigenvalue weighted by molar-refractivity contribution is 0.355. The molecule has 0 aromatic heterocycles. The van der Waals surface area contributed by atoms with E-state index in [4.69, 9.17) is 9.47 Å². The third-order valence-corrected chi connectivity index (χ3v) is 12.4. The Morgan fingerprint density at radius 1 is 0.542 bits per heavy atom. The first-order chi connectivity index (χ1) is 28.8. The highest BCUT2D eigenvalue weighted by Gasteiger charge is 2.54. The molecule has 0 spiro atoms. The van der Waals surface area contributed by atoms with Gasteiger partial charge in [-0.2, -0.15) is 0 Å². The minimum absolute atomic E-state index is 0. The fourth-order valence-electron chi connectivity index (χ4n) is 9.79. The maximum atomic E-state index is 7.01. The van der Waals surface area contributed by atoms with Crippen molar-refractivity contribution in [3.8, 4) is 34.1 Å². The lowest BCUT2D eigenvalue weighted by atomic mass is 9.63. The monoisotopic (exact) mass is 760 g/mol. The van der Waals surface area contributed by atoms with E-state index < -0.39 is 5.41 Å². The molecule has 0 radical (unpaired) electrons. The summed E-state index contributed by atoms with van der Waals surface area (Å²) in [5.74, 6) is 3.27. The van der Waals surface area contributed by atoms with Crippen LogP contribution in [0.3, 0.4) is 0 Å². The van der Waals surface area contributed by atoms with E-state index in [0.29, 0.717) is 5.75 Å². The number of allylic oxidation sites excluding steroid dienone is 5. The topological polar surface area (TPSA) is 18.5 Å². The number of ether oxygens (including phenoxy) is 2. The van der Waals surface area contributed by atoms with Gasteiger partial charge in [-0.25, -0.2) is 0 Å². The van der Waals surface area contributed by atoms with Gasteiger partial charge in [0.2, 0.25) is 0 Å². The van der Waals surface area contributed by atoms with Crippen LogP contribution in [0.1, 0.15) is 52.3 Å². The smallest absolute Gasteiger partial charge is 0.174 e. The summed E-state index contributed by atoms with van der Waals surface area (Å²) in [4.78, 5) is 0. The van der Waals surface area contributed by atoms with E-state index in [1.165, 1.54) is 55.3 Å². The molecule has 0 fully saturated rings. The normalized spacial score (nSPS) is 16.8. The molecule has 59 heavy (non-hydrogen) atoms. The Morgan fingerprint density at radius 2 is 1.20 bits per heavy atom. The predicted molar refractivity (Wildman–Crippen MR) is 244 cm³/mol. The van der Waals surface area contributed by atoms with E-state index in [-0.39, 0.29) is 19.3 Å². The lowest BCUT2D eigenvalue weighted by Gasteiger charge is -2.38. The molecule has 0 saturated heterocycles. The van der Waals surface area contributed by atoms with Crippen LogP contribution in [0.5, 0.6) is 23.0 Å². The highest BCUT2D eigenvalue weighted by molar-refractivity contribution is 5.93. The van der Waals surface area contributed by atoms with Gasteiger partial charge in [0.25, 0.3) is 0 Å². The number of hydrogen-bond donors (Lipinski definition) is 0. The van der Waals surface area contributed by atoms with Crippen LogP contribution in [0.2, 0.25) is 0 Å². The summed E-state index contributed by atoms with van der Waals surface area (Å²) < 4.78 is 13.9. The first kappa shape index (κ1) is 36.2. The molecule has 3 aliphatic rings. The van der Waals surface area contributed by atoms with Crippen LogP contribution in [-0.2, 0) is 11.8 Å². The van der Waals surface area contributed by atoms with Gasteiger partial charge in [-0.15, -0.1) is 0 Å². The lowest BCUT2D eigenvalue weighted by Crippen LogP contribution is -2.34. The van der Waals surface area contributed by atoms with Crippen LogP contribution >= 0.6 is 0 Å². The van der Waals surface area contributed by atoms with Crippen molar-refractivity contribution >= 4 is 16.3 Å². The molecule has 2 aliphatic carbocycles. The largest absolute Gasteiger partial charge is 0.449 e. The van der Waals surface area contributed by atoms with Crippen molar-refractivity contribution in [2.24, 2.45) is 5.92 Å². The van der Waals surface area contributed by atoms with Crippen molar-refractivity contribution in [1.29, 1.82) is 0 Å². The first-order valence-corrected chi connectivity index (χ1v) is 20.2. The second-order valence-electron chi connectivity index (χ2n) is 15.5. The molecule has 0 N–H and O–H groups in total. The van der Waals surface area contributed by atoms with E-state index >= 15 is 0 Å². The van der Waals surface area contributed by atoms with Crippen LogP contribution in [0, 0.1) is 5.92 Å². The Morgan fingerprint density at radius 3 is 1.98 bits per heavy atom. The molecule has 2 atom stereocenters. The minimum Gasteiger partial charge on any atom is -0.449 e. The van der Waals surface area contributed by atoms with Crippen molar-refractivity contribution in [3.05, 3.63) is 257 Å². The Hall–Kier alpha value is -7.16. The molecular weight excluding hydrogens is 717 g/mol. The summed E-state index contributed by atoms with van der Waals surface area (Å²) in [6.07, 6.45) is 12.3. The Bertz CT molecular complexity index is 2880. The Kier molecular flexibility index (Phi) is 9.19. The fraction of sp³-hybridized carbons (Fsp3) is 0.0877. The second-order valence-corrected chi connectivity index (χ2v) is 15.5. The average molecular weight is 761 g/mol. The number of hydrogen-bond acceptors (Lipinski definition) is 2. The fourth-order valence-corrected chi connectivity index (χ4v) is 9.79. The summed E-state index contributed by atoms with van der Waals surface area (Å²) in [6.45, 7) is 0. The molecule has 8 aromatic rings. The number of benzene rings is 8. The molecule has 1 heterocycles. The van der Waals surface area contributed by atoms with E-state index in [1.54, 1.807) is 0 Å². The molecule has 0 bridgehead atoms. The second kappa shape index (κ2) is 15.0. The van der Waals surface area contributed by atoms with Crippen molar-refractivity contribution in [3.63, 3.8) is 0 Å². The van der Waals surface area contributed by atoms with Crippen molar-refractivity contribution < 1.29 is 9.47 Å². The minimum atomic E-state index is -0.396. The quantitative estimate of drug-likeness (QED) is 0.161. The predicted octanol–water partition coefficient (Wildman–Crippen LogP) is 14.9. The zero-order chi connectivity index (χ0) is 38.5. The zero-order valence-electron chi connectivity index (χ0n) is 32.0. The average Bonchev–Trinajstić information content (AvgIpc) is 3.61. The summed E-state index contributed by atoms with van der Waals surface area (Å²) in [7, 11) is 0.